The number of nitriles is 1. The van der Waals surface area contributed by atoms with Crippen LogP contribution in [-0.4, -0.2) is 50.5 Å². The molecule has 0 radical (unpaired) electrons. The molecule has 4 heterocycles. The first kappa shape index (κ1) is 33.8. The molecule has 1 aliphatic rings. The summed E-state index contributed by atoms with van der Waals surface area (Å²) in [4.78, 5) is 39.8. The summed E-state index contributed by atoms with van der Waals surface area (Å²) < 4.78 is 44.9. The fourth-order valence-corrected chi connectivity index (χ4v) is 6.81. The Morgan fingerprint density at radius 1 is 1.15 bits per heavy atom. The van der Waals surface area contributed by atoms with Crippen molar-refractivity contribution >= 4 is 51.5 Å². The molecule has 5 rings (SSSR count). The van der Waals surface area contributed by atoms with Crippen LogP contribution in [0.2, 0.25) is 10.0 Å². The molecule has 1 aliphatic heterocycles. The summed E-state index contributed by atoms with van der Waals surface area (Å²) in [5.41, 5.74) is 4.91. The number of benzene rings is 1. The molecule has 0 spiro atoms. The lowest BCUT2D eigenvalue weighted by atomic mass is 10.0. The third-order valence-electron chi connectivity index (χ3n) is 8.32. The molecule has 14 heteroatoms. The number of nitrogen functional groups attached to an aromatic ring is 1. The number of carbonyl (C=O) groups is 1. The fourth-order valence-electron chi connectivity index (χ4n) is 6.29. The van der Waals surface area contributed by atoms with Gasteiger partial charge in [-0.3, -0.25) is 19.1 Å². The quantitative estimate of drug-likeness (QED) is 0.108. The van der Waals surface area contributed by atoms with Gasteiger partial charge >= 0.3 is 0 Å². The molecule has 244 valence electrons. The monoisotopic (exact) mass is 683 g/mol. The van der Waals surface area contributed by atoms with Gasteiger partial charge in [-0.2, -0.15) is 5.26 Å². The molecule has 47 heavy (non-hydrogen) atoms. The first-order valence-corrected chi connectivity index (χ1v) is 15.4. The lowest BCUT2D eigenvalue weighted by molar-refractivity contribution is -0.130. The first-order valence-electron chi connectivity index (χ1n) is 14.6. The molecule has 2 N–H and O–H groups in total. The molecule has 1 amide bonds. The highest BCUT2D eigenvalue weighted by Gasteiger charge is 2.36. The van der Waals surface area contributed by atoms with E-state index in [-0.39, 0.29) is 70.0 Å². The number of aryl methyl sites for hydroxylation is 1. The van der Waals surface area contributed by atoms with Crippen molar-refractivity contribution in [2.75, 3.05) is 23.7 Å². The van der Waals surface area contributed by atoms with Gasteiger partial charge in [0.05, 0.1) is 38.5 Å². The lowest BCUT2D eigenvalue weighted by Gasteiger charge is -2.45. The number of aromatic nitrogens is 3. The number of pyridine rings is 3. The number of nitrogens with two attached hydrogens (primary N) is 1. The maximum absolute atomic E-state index is 14.7. The van der Waals surface area contributed by atoms with Crippen molar-refractivity contribution in [1.29, 1.82) is 5.26 Å². The number of halogens is 5. The van der Waals surface area contributed by atoms with Gasteiger partial charge in [-0.05, 0) is 50.5 Å². The highest BCUT2D eigenvalue weighted by molar-refractivity contribution is 6.37. The summed E-state index contributed by atoms with van der Waals surface area (Å²) in [7, 11) is 0. The molecular weight excluding hydrogens is 654 g/mol. The second-order valence-electron chi connectivity index (χ2n) is 11.8. The predicted octanol–water partition coefficient (Wildman–Crippen LogP) is 6.67. The van der Waals surface area contributed by atoms with Crippen LogP contribution in [0.25, 0.3) is 28.0 Å². The number of piperazine rings is 1. The third-order valence-corrected chi connectivity index (χ3v) is 8.96. The summed E-state index contributed by atoms with van der Waals surface area (Å²) in [5, 5.41) is 9.68. The summed E-state index contributed by atoms with van der Waals surface area (Å²) in [5.74, 6) is -5.69. The van der Waals surface area contributed by atoms with Crippen LogP contribution in [0.15, 0.2) is 35.8 Å². The van der Waals surface area contributed by atoms with E-state index in [1.165, 1.54) is 16.7 Å². The molecule has 0 unspecified atom stereocenters. The molecule has 0 bridgehead atoms. The third kappa shape index (κ3) is 5.37. The van der Waals surface area contributed by atoms with E-state index in [1.54, 1.807) is 24.1 Å². The van der Waals surface area contributed by atoms with Crippen LogP contribution in [0, 0.1) is 35.7 Å². The lowest BCUT2D eigenvalue weighted by Crippen LogP contribution is -2.58. The van der Waals surface area contributed by atoms with Gasteiger partial charge in [0.25, 0.3) is 5.56 Å². The molecule has 9 nitrogen and oxygen atoms in total. The van der Waals surface area contributed by atoms with Gasteiger partial charge in [0.1, 0.15) is 17.3 Å². The minimum atomic E-state index is -1.86. The number of nitrogens with zero attached hydrogens (tertiary/aromatic N) is 6. The van der Waals surface area contributed by atoms with E-state index in [4.69, 9.17) is 28.9 Å². The van der Waals surface area contributed by atoms with Crippen LogP contribution in [0.4, 0.5) is 24.5 Å². The molecule has 1 saturated heterocycles. The SMILES string of the molecule is C=CC(=O)N1[C@H](C)CN(c2c(C#N)c(=O)n(-c3c(C)ccnc3C(C)C)c3nc(-c4c(N)c(F)c(F)c(F)c4Cl)c(Cl)cc23)C[C@@H]1C. The molecule has 4 aromatic rings. The summed E-state index contributed by atoms with van der Waals surface area (Å²) in [6.45, 7) is 13.2. The van der Waals surface area contributed by atoms with Crippen molar-refractivity contribution in [2.45, 2.75) is 52.6 Å². The highest BCUT2D eigenvalue weighted by atomic mass is 35.5. The van der Waals surface area contributed by atoms with Crippen molar-refractivity contribution in [3.05, 3.63) is 85.7 Å². The number of anilines is 2. The van der Waals surface area contributed by atoms with Gasteiger partial charge in [0.2, 0.25) is 5.91 Å². The Labute approximate surface area is 278 Å². The van der Waals surface area contributed by atoms with E-state index in [2.05, 4.69) is 22.6 Å². The Balaban J connectivity index is 1.95. The summed E-state index contributed by atoms with van der Waals surface area (Å²) >= 11 is 12.9. The van der Waals surface area contributed by atoms with Gasteiger partial charge in [-0.15, -0.1) is 0 Å². The Kier molecular flexibility index (Phi) is 9.01. The molecule has 0 saturated carbocycles. The van der Waals surface area contributed by atoms with Crippen molar-refractivity contribution in [1.82, 2.24) is 19.4 Å². The number of hydrogen-bond donors (Lipinski definition) is 1. The fraction of sp³-hybridized carbons (Fsp3) is 0.303. The topological polar surface area (TPSA) is 121 Å². The Morgan fingerprint density at radius 2 is 1.79 bits per heavy atom. The Bertz CT molecular complexity index is 2050. The van der Waals surface area contributed by atoms with Gasteiger partial charge in [0, 0.05) is 42.3 Å². The Hall–Kier alpha value is -4.60. The predicted molar refractivity (Wildman–Crippen MR) is 177 cm³/mol. The molecular formula is C33H30Cl2F3N7O2. The van der Waals surface area contributed by atoms with Crippen LogP contribution in [-0.2, 0) is 4.79 Å². The number of hydrogen-bond acceptors (Lipinski definition) is 7. The molecule has 2 atom stereocenters. The van der Waals surface area contributed by atoms with Crippen molar-refractivity contribution in [3.63, 3.8) is 0 Å². The minimum Gasteiger partial charge on any atom is -0.396 e. The maximum Gasteiger partial charge on any atom is 0.276 e. The minimum absolute atomic E-state index is 0.0492. The highest BCUT2D eigenvalue weighted by Crippen LogP contribution is 2.43. The van der Waals surface area contributed by atoms with Crippen molar-refractivity contribution in [2.24, 2.45) is 0 Å². The molecule has 0 aliphatic carbocycles. The largest absolute Gasteiger partial charge is 0.396 e. The van der Waals surface area contributed by atoms with Crippen LogP contribution >= 0.6 is 23.2 Å². The number of carbonyl (C=O) groups excluding carboxylic acids is 1. The average Bonchev–Trinajstić information content (AvgIpc) is 3.02. The molecule has 1 aromatic carbocycles. The second-order valence-corrected chi connectivity index (χ2v) is 12.6. The summed E-state index contributed by atoms with van der Waals surface area (Å²) in [6.07, 6.45) is 2.82. The van der Waals surface area contributed by atoms with Crippen molar-refractivity contribution in [3.8, 4) is 23.0 Å². The number of fused-ring (bicyclic) bond motifs is 1. The first-order chi connectivity index (χ1) is 22.2. The van der Waals surface area contributed by atoms with Crippen molar-refractivity contribution < 1.29 is 18.0 Å². The van der Waals surface area contributed by atoms with E-state index in [0.717, 1.165) is 0 Å². The second kappa shape index (κ2) is 12.5. The Morgan fingerprint density at radius 3 is 2.36 bits per heavy atom. The summed E-state index contributed by atoms with van der Waals surface area (Å²) in [6, 6.07) is 4.45. The maximum atomic E-state index is 14.7. The normalized spacial score (nSPS) is 16.6. The molecule has 1 fully saturated rings. The zero-order valence-electron chi connectivity index (χ0n) is 26.1. The van der Waals surface area contributed by atoms with E-state index < -0.39 is 39.3 Å². The van der Waals surface area contributed by atoms with Gasteiger partial charge in [-0.25, -0.2) is 18.2 Å². The smallest absolute Gasteiger partial charge is 0.276 e. The van der Waals surface area contributed by atoms with Crippen LogP contribution < -0.4 is 16.2 Å². The van der Waals surface area contributed by atoms with Crippen LogP contribution in [0.3, 0.4) is 0 Å². The van der Waals surface area contributed by atoms with E-state index in [1.807, 2.05) is 32.6 Å². The van der Waals surface area contributed by atoms with E-state index >= 15 is 0 Å². The van der Waals surface area contributed by atoms with Crippen LogP contribution in [0.5, 0.6) is 0 Å². The number of rotatable bonds is 5. The number of amides is 1. The molecule has 3 aromatic heterocycles. The van der Waals surface area contributed by atoms with Gasteiger partial charge in [0.15, 0.2) is 17.5 Å². The zero-order valence-corrected chi connectivity index (χ0v) is 27.6. The van der Waals surface area contributed by atoms with E-state index in [0.29, 0.717) is 16.9 Å². The zero-order chi connectivity index (χ0) is 34.6. The average molecular weight is 685 g/mol. The van der Waals surface area contributed by atoms with Gasteiger partial charge < -0.3 is 15.5 Å². The van der Waals surface area contributed by atoms with Crippen LogP contribution in [0.1, 0.15) is 50.4 Å². The van der Waals surface area contributed by atoms with E-state index in [9.17, 15) is 28.0 Å². The standard InChI is InChI=1S/C33H30Cl2F3N7O2/c1-7-21(46)44-16(5)12-43(13-17(44)6)31-18-10-20(34)29(22-23(35)24(36)25(37)26(38)27(22)40)42-32(18)45(33(47)19(31)11-39)30-15(4)8-9-41-28(30)14(2)3/h7-10,14,16-17H,1,12-13,40H2,2-6H3/t16-,17+. The van der Waals surface area contributed by atoms with Gasteiger partial charge in [-0.1, -0.05) is 43.6 Å².